The van der Waals surface area contributed by atoms with Crippen LogP contribution in [0.15, 0.2) is 60.8 Å². The van der Waals surface area contributed by atoms with E-state index in [1.165, 1.54) is 12.1 Å². The van der Waals surface area contributed by atoms with Crippen molar-refractivity contribution in [3.8, 4) is 0 Å². The van der Waals surface area contributed by atoms with Gasteiger partial charge in [0.2, 0.25) is 0 Å². The van der Waals surface area contributed by atoms with Crippen LogP contribution in [-0.2, 0) is 5.54 Å². The zero-order valence-electron chi connectivity index (χ0n) is 11.2. The molecule has 0 aliphatic carbocycles. The summed E-state index contributed by atoms with van der Waals surface area (Å²) >= 11 is 0. The molecule has 3 rings (SSSR count). The van der Waals surface area contributed by atoms with Crippen molar-refractivity contribution in [2.24, 2.45) is 5.73 Å². The van der Waals surface area contributed by atoms with Gasteiger partial charge in [-0.25, -0.2) is 4.39 Å². The minimum Gasteiger partial charge on any atom is -0.318 e. The standard InChI is InChI=1S/C17H15FN2/c1-17(19,13-6-8-15(18)9-7-13)14-10-12-4-2-3-5-16(12)20-11-14/h2-11H,19H2,1H3. The molecule has 0 radical (unpaired) electrons. The van der Waals surface area contributed by atoms with Gasteiger partial charge in [0.1, 0.15) is 5.82 Å². The molecule has 0 amide bonds. The van der Waals surface area contributed by atoms with Crippen molar-refractivity contribution in [1.82, 2.24) is 4.98 Å². The van der Waals surface area contributed by atoms with Gasteiger partial charge < -0.3 is 5.73 Å². The maximum absolute atomic E-state index is 13.0. The second-order valence-electron chi connectivity index (χ2n) is 5.13. The first kappa shape index (κ1) is 12.8. The van der Waals surface area contributed by atoms with E-state index in [9.17, 15) is 4.39 Å². The molecule has 0 saturated carbocycles. The molecule has 1 heterocycles. The summed E-state index contributed by atoms with van der Waals surface area (Å²) < 4.78 is 13.0. The maximum atomic E-state index is 13.0. The smallest absolute Gasteiger partial charge is 0.123 e. The Balaban J connectivity index is 2.10. The van der Waals surface area contributed by atoms with Crippen LogP contribution in [0.5, 0.6) is 0 Å². The monoisotopic (exact) mass is 266 g/mol. The number of hydrogen-bond donors (Lipinski definition) is 1. The first-order valence-corrected chi connectivity index (χ1v) is 6.47. The molecular formula is C17H15FN2. The van der Waals surface area contributed by atoms with Crippen molar-refractivity contribution in [2.45, 2.75) is 12.5 Å². The molecule has 1 aromatic heterocycles. The van der Waals surface area contributed by atoms with E-state index in [-0.39, 0.29) is 5.82 Å². The molecule has 2 aromatic carbocycles. The van der Waals surface area contributed by atoms with Crippen LogP contribution in [-0.4, -0.2) is 4.98 Å². The predicted molar refractivity (Wildman–Crippen MR) is 78.8 cm³/mol. The number of rotatable bonds is 2. The van der Waals surface area contributed by atoms with Crippen molar-refractivity contribution < 1.29 is 4.39 Å². The van der Waals surface area contributed by atoms with Crippen molar-refractivity contribution in [2.75, 3.05) is 0 Å². The molecule has 0 aliphatic rings. The number of fused-ring (bicyclic) bond motifs is 1. The van der Waals surface area contributed by atoms with Crippen LogP contribution in [0.3, 0.4) is 0 Å². The Hall–Kier alpha value is -2.26. The number of hydrogen-bond acceptors (Lipinski definition) is 2. The van der Waals surface area contributed by atoms with Crippen molar-refractivity contribution in [3.63, 3.8) is 0 Å². The molecule has 0 fully saturated rings. The molecule has 0 spiro atoms. The number of halogens is 1. The second-order valence-corrected chi connectivity index (χ2v) is 5.13. The van der Waals surface area contributed by atoms with E-state index in [0.29, 0.717) is 0 Å². The Labute approximate surface area is 117 Å². The molecule has 3 aromatic rings. The van der Waals surface area contributed by atoms with Gasteiger partial charge in [0.25, 0.3) is 0 Å². The molecule has 3 heteroatoms. The lowest BCUT2D eigenvalue weighted by Crippen LogP contribution is -2.34. The van der Waals surface area contributed by atoms with E-state index in [0.717, 1.165) is 22.0 Å². The fourth-order valence-corrected chi connectivity index (χ4v) is 2.32. The van der Waals surface area contributed by atoms with E-state index in [1.54, 1.807) is 18.3 Å². The van der Waals surface area contributed by atoms with Crippen molar-refractivity contribution >= 4 is 10.9 Å². The minimum absolute atomic E-state index is 0.263. The molecule has 0 aliphatic heterocycles. The zero-order chi connectivity index (χ0) is 14.2. The van der Waals surface area contributed by atoms with Crippen LogP contribution in [0.25, 0.3) is 10.9 Å². The Bertz CT molecular complexity index is 748. The maximum Gasteiger partial charge on any atom is 0.123 e. The first-order valence-electron chi connectivity index (χ1n) is 6.47. The molecule has 1 atom stereocenters. The second kappa shape index (κ2) is 4.69. The average molecular weight is 266 g/mol. The van der Waals surface area contributed by atoms with Crippen LogP contribution < -0.4 is 5.73 Å². The van der Waals surface area contributed by atoms with E-state index >= 15 is 0 Å². The van der Waals surface area contributed by atoms with Gasteiger partial charge in [-0.05, 0) is 42.3 Å². The zero-order valence-corrected chi connectivity index (χ0v) is 11.2. The summed E-state index contributed by atoms with van der Waals surface area (Å²) in [4.78, 5) is 4.44. The van der Waals surface area contributed by atoms with Gasteiger partial charge in [-0.2, -0.15) is 0 Å². The fraction of sp³-hybridized carbons (Fsp3) is 0.118. The molecule has 2 nitrogen and oxygen atoms in total. The van der Waals surface area contributed by atoms with Gasteiger partial charge in [0.05, 0.1) is 11.1 Å². The summed E-state index contributed by atoms with van der Waals surface area (Å²) in [5.41, 5.74) is 8.43. The van der Waals surface area contributed by atoms with Gasteiger partial charge >= 0.3 is 0 Å². The topological polar surface area (TPSA) is 38.9 Å². The SMILES string of the molecule is CC(N)(c1ccc(F)cc1)c1cnc2ccccc2c1. The van der Waals surface area contributed by atoms with Gasteiger partial charge in [-0.1, -0.05) is 30.3 Å². The summed E-state index contributed by atoms with van der Waals surface area (Å²) in [6.45, 7) is 1.91. The largest absolute Gasteiger partial charge is 0.318 e. The third-order valence-electron chi connectivity index (χ3n) is 3.63. The summed E-state index contributed by atoms with van der Waals surface area (Å²) in [5, 5.41) is 1.05. The third-order valence-corrected chi connectivity index (χ3v) is 3.63. The summed E-state index contributed by atoms with van der Waals surface area (Å²) in [7, 11) is 0. The summed E-state index contributed by atoms with van der Waals surface area (Å²) in [6.07, 6.45) is 1.78. The van der Waals surface area contributed by atoms with Gasteiger partial charge in [0.15, 0.2) is 0 Å². The lowest BCUT2D eigenvalue weighted by atomic mass is 9.86. The lowest BCUT2D eigenvalue weighted by Gasteiger charge is -2.26. The highest BCUT2D eigenvalue weighted by Gasteiger charge is 2.24. The van der Waals surface area contributed by atoms with Crippen molar-refractivity contribution in [3.05, 3.63) is 77.7 Å². The van der Waals surface area contributed by atoms with E-state index in [1.807, 2.05) is 37.3 Å². The number of nitrogens with zero attached hydrogens (tertiary/aromatic N) is 1. The van der Waals surface area contributed by atoms with Crippen LogP contribution in [0.1, 0.15) is 18.1 Å². The average Bonchev–Trinajstić information content (AvgIpc) is 2.47. The Kier molecular flexibility index (Phi) is 2.99. The normalized spacial score (nSPS) is 14.2. The Morgan fingerprint density at radius 3 is 2.45 bits per heavy atom. The highest BCUT2D eigenvalue weighted by Crippen LogP contribution is 2.28. The van der Waals surface area contributed by atoms with Crippen LogP contribution in [0.2, 0.25) is 0 Å². The number of nitrogens with two attached hydrogens (primary N) is 1. The molecule has 2 N–H and O–H groups in total. The quantitative estimate of drug-likeness (QED) is 0.769. The van der Waals surface area contributed by atoms with Crippen LogP contribution in [0.4, 0.5) is 4.39 Å². The molecule has 1 unspecified atom stereocenters. The summed E-state index contributed by atoms with van der Waals surface area (Å²) in [5.74, 6) is -0.263. The fourth-order valence-electron chi connectivity index (χ4n) is 2.32. The number of pyridine rings is 1. The van der Waals surface area contributed by atoms with Crippen LogP contribution >= 0.6 is 0 Å². The number of benzene rings is 2. The van der Waals surface area contributed by atoms with Crippen LogP contribution in [0, 0.1) is 5.82 Å². The van der Waals surface area contributed by atoms with E-state index in [2.05, 4.69) is 4.98 Å². The van der Waals surface area contributed by atoms with Crippen molar-refractivity contribution in [1.29, 1.82) is 0 Å². The van der Waals surface area contributed by atoms with Gasteiger partial charge in [-0.3, -0.25) is 4.98 Å². The third kappa shape index (κ3) is 2.17. The highest BCUT2D eigenvalue weighted by molar-refractivity contribution is 5.79. The minimum atomic E-state index is -0.704. The van der Waals surface area contributed by atoms with Gasteiger partial charge in [0, 0.05) is 11.6 Å². The summed E-state index contributed by atoms with van der Waals surface area (Å²) in [6, 6.07) is 16.2. The van der Waals surface area contributed by atoms with E-state index < -0.39 is 5.54 Å². The molecular weight excluding hydrogens is 251 g/mol. The number of aromatic nitrogens is 1. The van der Waals surface area contributed by atoms with E-state index in [4.69, 9.17) is 5.73 Å². The molecule has 0 saturated heterocycles. The molecule has 20 heavy (non-hydrogen) atoms. The molecule has 0 bridgehead atoms. The predicted octanol–water partition coefficient (Wildman–Crippen LogP) is 3.60. The first-order chi connectivity index (χ1) is 9.57. The number of para-hydroxylation sites is 1. The highest BCUT2D eigenvalue weighted by atomic mass is 19.1. The molecule has 100 valence electrons. The Morgan fingerprint density at radius 2 is 1.70 bits per heavy atom. The lowest BCUT2D eigenvalue weighted by molar-refractivity contribution is 0.592. The van der Waals surface area contributed by atoms with Gasteiger partial charge in [-0.15, -0.1) is 0 Å². The Morgan fingerprint density at radius 1 is 1.00 bits per heavy atom.